The van der Waals surface area contributed by atoms with Crippen LogP contribution in [-0.4, -0.2) is 30.4 Å². The van der Waals surface area contributed by atoms with E-state index in [9.17, 15) is 8.42 Å². The minimum Gasteiger partial charge on any atom is -0.356 e. The van der Waals surface area contributed by atoms with Crippen molar-refractivity contribution in [2.24, 2.45) is 0 Å². The SMILES string of the molecule is N#[N+]CCS(=O)(=O)O.O=[N+]([O-])[O-]. The third-order valence-corrected chi connectivity index (χ3v) is 1.15. The molecule has 12 heavy (non-hydrogen) atoms. The molecule has 0 fully saturated rings. The van der Waals surface area contributed by atoms with Gasteiger partial charge in [-0.2, -0.15) is 8.42 Å². The van der Waals surface area contributed by atoms with Crippen molar-refractivity contribution in [1.82, 2.24) is 0 Å². The van der Waals surface area contributed by atoms with E-state index in [-0.39, 0.29) is 6.54 Å². The Bertz CT molecular complexity index is 259. The van der Waals surface area contributed by atoms with Crippen molar-refractivity contribution in [3.8, 4) is 0 Å². The summed E-state index contributed by atoms with van der Waals surface area (Å²) in [6.07, 6.45) is 0. The lowest BCUT2D eigenvalue weighted by Crippen LogP contribution is -2.05. The van der Waals surface area contributed by atoms with Gasteiger partial charge in [-0.3, -0.25) is 4.55 Å². The summed E-state index contributed by atoms with van der Waals surface area (Å²) < 4.78 is 27.5. The van der Waals surface area contributed by atoms with Crippen LogP contribution >= 0.6 is 0 Å². The van der Waals surface area contributed by atoms with Gasteiger partial charge in [0, 0.05) is 0 Å². The summed E-state index contributed by atoms with van der Waals surface area (Å²) in [4.78, 5) is 10.7. The van der Waals surface area contributed by atoms with Gasteiger partial charge in [0.2, 0.25) is 5.39 Å². The molecule has 0 heterocycles. The Morgan fingerprint density at radius 3 is 1.92 bits per heavy atom. The third kappa shape index (κ3) is 38.8. The van der Waals surface area contributed by atoms with Gasteiger partial charge >= 0.3 is 6.54 Å². The number of hydrogen-bond donors (Lipinski definition) is 1. The van der Waals surface area contributed by atoms with Crippen molar-refractivity contribution in [1.29, 1.82) is 5.39 Å². The molecule has 0 aliphatic heterocycles. The van der Waals surface area contributed by atoms with Crippen molar-refractivity contribution in [2.45, 2.75) is 0 Å². The first kappa shape index (κ1) is 13.1. The van der Waals surface area contributed by atoms with E-state index in [0.29, 0.717) is 0 Å². The van der Waals surface area contributed by atoms with E-state index < -0.39 is 21.0 Å². The smallest absolute Gasteiger partial charge is 0.321 e. The number of rotatable bonds is 2. The summed E-state index contributed by atoms with van der Waals surface area (Å²) in [5.41, 5.74) is 0. The molecule has 10 heteroatoms. The van der Waals surface area contributed by atoms with Crippen LogP contribution in [0.2, 0.25) is 0 Å². The van der Waals surface area contributed by atoms with Gasteiger partial charge < -0.3 is 15.3 Å². The van der Waals surface area contributed by atoms with Crippen molar-refractivity contribution >= 4 is 10.1 Å². The summed E-state index contributed by atoms with van der Waals surface area (Å²) in [5, 5.41) is 22.4. The molecule has 1 N–H and O–H groups in total. The topological polar surface area (TPSA) is 149 Å². The number of diazo groups is 1. The molecule has 0 spiro atoms. The molecule has 0 aromatic heterocycles. The van der Waals surface area contributed by atoms with Gasteiger partial charge in [0.15, 0.2) is 5.75 Å². The highest BCUT2D eigenvalue weighted by atomic mass is 32.2. The molecule has 0 saturated carbocycles. The quantitative estimate of drug-likeness (QED) is 0.272. The summed E-state index contributed by atoms with van der Waals surface area (Å²) >= 11 is 0. The molecule has 0 aliphatic carbocycles. The van der Waals surface area contributed by atoms with E-state index in [2.05, 4.69) is 4.98 Å². The van der Waals surface area contributed by atoms with Gasteiger partial charge in [0.25, 0.3) is 10.1 Å². The van der Waals surface area contributed by atoms with Crippen molar-refractivity contribution in [2.75, 3.05) is 12.3 Å². The van der Waals surface area contributed by atoms with Gasteiger partial charge in [0.1, 0.15) is 4.98 Å². The Balaban J connectivity index is 0. The molecule has 0 aromatic carbocycles. The molecule has 0 radical (unpaired) electrons. The maximum Gasteiger partial charge on any atom is 0.321 e. The van der Waals surface area contributed by atoms with Crippen LogP contribution in [0.1, 0.15) is 0 Å². The molecular weight excluding hydrogens is 194 g/mol. The highest BCUT2D eigenvalue weighted by molar-refractivity contribution is 7.85. The average molecular weight is 199 g/mol. The van der Waals surface area contributed by atoms with E-state index in [4.69, 9.17) is 25.3 Å². The molecule has 0 aliphatic rings. The fourth-order valence-electron chi connectivity index (χ4n) is 0.156. The van der Waals surface area contributed by atoms with Gasteiger partial charge in [-0.25, -0.2) is 0 Å². The molecule has 0 unspecified atom stereocenters. The van der Waals surface area contributed by atoms with Crippen molar-refractivity contribution in [3.63, 3.8) is 0 Å². The maximum atomic E-state index is 9.77. The Morgan fingerprint density at radius 2 is 1.83 bits per heavy atom. The molecule has 0 saturated heterocycles. The molecule has 0 aromatic rings. The summed E-state index contributed by atoms with van der Waals surface area (Å²) in [5.74, 6) is -0.524. The fraction of sp³-hybridized carbons (Fsp3) is 1.00. The van der Waals surface area contributed by atoms with Crippen molar-refractivity contribution in [3.05, 3.63) is 20.3 Å². The lowest BCUT2D eigenvalue weighted by molar-refractivity contribution is -0.402. The second kappa shape index (κ2) is 6.25. The lowest BCUT2D eigenvalue weighted by atomic mass is 10.8. The summed E-state index contributed by atoms with van der Waals surface area (Å²) in [6.45, 7) is -0.279. The van der Waals surface area contributed by atoms with Gasteiger partial charge in [0.05, 0.1) is 5.09 Å². The van der Waals surface area contributed by atoms with Crippen LogP contribution in [-0.2, 0) is 10.1 Å². The first-order chi connectivity index (χ1) is 5.29. The monoisotopic (exact) mass is 199 g/mol. The predicted octanol–water partition coefficient (Wildman–Crippen LogP) is -0.512. The molecule has 70 valence electrons. The Kier molecular flexibility index (Phi) is 6.85. The zero-order valence-corrected chi connectivity index (χ0v) is 6.47. The zero-order chi connectivity index (χ0) is 10.2. The van der Waals surface area contributed by atoms with Crippen LogP contribution in [0.15, 0.2) is 0 Å². The lowest BCUT2D eigenvalue weighted by Gasteiger charge is -1.79. The number of hydrogen-bond acceptors (Lipinski definition) is 6. The molecule has 0 bridgehead atoms. The average Bonchev–Trinajstić information content (AvgIpc) is 1.80. The van der Waals surface area contributed by atoms with E-state index in [1.165, 1.54) is 0 Å². The Morgan fingerprint density at radius 1 is 1.50 bits per heavy atom. The highest BCUT2D eigenvalue weighted by Crippen LogP contribution is 1.80. The van der Waals surface area contributed by atoms with Gasteiger partial charge in [-0.1, -0.05) is 0 Å². The van der Waals surface area contributed by atoms with E-state index >= 15 is 0 Å². The second-order valence-electron chi connectivity index (χ2n) is 1.37. The minimum atomic E-state index is -3.94. The van der Waals surface area contributed by atoms with Crippen LogP contribution < -0.4 is 0 Å². The first-order valence-corrected chi connectivity index (χ1v) is 3.98. The highest BCUT2D eigenvalue weighted by Gasteiger charge is 2.07. The third-order valence-electron chi connectivity index (χ3n) is 0.449. The normalized spacial score (nSPS) is 9.00. The minimum absolute atomic E-state index is 0.279. The Labute approximate surface area is 67.1 Å². The largest absolute Gasteiger partial charge is 0.356 e. The molecular formula is C2H5N3O6S. The van der Waals surface area contributed by atoms with Crippen LogP contribution in [0.25, 0.3) is 4.98 Å². The van der Waals surface area contributed by atoms with Crippen LogP contribution in [0.3, 0.4) is 0 Å². The van der Waals surface area contributed by atoms with Crippen LogP contribution in [0.5, 0.6) is 0 Å². The maximum absolute atomic E-state index is 9.77. The van der Waals surface area contributed by atoms with E-state index in [1.54, 1.807) is 0 Å². The second-order valence-corrected chi connectivity index (χ2v) is 2.95. The fourth-order valence-corrected chi connectivity index (χ4v) is 0.469. The molecule has 0 atom stereocenters. The summed E-state index contributed by atoms with van der Waals surface area (Å²) in [7, 11) is -3.94. The first-order valence-electron chi connectivity index (χ1n) is 2.37. The number of nitrogens with zero attached hydrogens (tertiary/aromatic N) is 3. The van der Waals surface area contributed by atoms with E-state index in [0.717, 1.165) is 0 Å². The molecule has 0 amide bonds. The zero-order valence-electron chi connectivity index (χ0n) is 5.65. The van der Waals surface area contributed by atoms with Gasteiger partial charge in [-0.05, 0) is 0 Å². The predicted molar refractivity (Wildman–Crippen MR) is 36.7 cm³/mol. The standard InChI is InChI=1S/C2H4N2O3S.NO3/c3-4-1-2-8(5,6)7;2-1(3)4/h1-2H2;/q;-1/p+1. The molecule has 0 rings (SSSR count). The van der Waals surface area contributed by atoms with Crippen LogP contribution in [0.4, 0.5) is 0 Å². The molecule has 9 nitrogen and oxygen atoms in total. The van der Waals surface area contributed by atoms with E-state index in [1.807, 2.05) is 0 Å². The Hall–Kier alpha value is -1.47. The summed E-state index contributed by atoms with van der Waals surface area (Å²) in [6, 6.07) is 0. The van der Waals surface area contributed by atoms with Crippen LogP contribution in [0, 0.1) is 20.7 Å². The van der Waals surface area contributed by atoms with Gasteiger partial charge in [-0.15, -0.1) is 0 Å². The van der Waals surface area contributed by atoms with Crippen molar-refractivity contribution < 1.29 is 18.1 Å².